The smallest absolute Gasteiger partial charge is 0.269 e. The van der Waals surface area contributed by atoms with Crippen LogP contribution in [0.4, 0.5) is 11.4 Å². The minimum absolute atomic E-state index is 0.0215. The first-order chi connectivity index (χ1) is 12.5. The number of furan rings is 1. The molecule has 2 aromatic carbocycles. The van der Waals surface area contributed by atoms with E-state index in [9.17, 15) is 14.9 Å². The highest BCUT2D eigenvalue weighted by molar-refractivity contribution is 6.01. The number of anilines is 1. The van der Waals surface area contributed by atoms with Crippen molar-refractivity contribution < 1.29 is 14.1 Å². The van der Waals surface area contributed by atoms with Crippen molar-refractivity contribution in [2.75, 3.05) is 5.32 Å². The zero-order valence-corrected chi connectivity index (χ0v) is 14.0. The Labute approximate surface area is 149 Å². The van der Waals surface area contributed by atoms with Crippen LogP contribution in [0.2, 0.25) is 0 Å². The lowest BCUT2D eigenvalue weighted by Crippen LogP contribution is -2.07. The van der Waals surface area contributed by atoms with Crippen LogP contribution in [-0.4, -0.2) is 10.8 Å². The van der Waals surface area contributed by atoms with Crippen molar-refractivity contribution in [3.8, 4) is 11.3 Å². The van der Waals surface area contributed by atoms with Crippen molar-refractivity contribution in [2.45, 2.75) is 6.92 Å². The summed E-state index contributed by atoms with van der Waals surface area (Å²) in [5.41, 5.74) is 2.53. The Balaban J connectivity index is 1.66. The van der Waals surface area contributed by atoms with Gasteiger partial charge in [-0.25, -0.2) is 0 Å². The van der Waals surface area contributed by atoms with Gasteiger partial charge in [-0.05, 0) is 55.0 Å². The molecule has 1 amide bonds. The molecule has 6 nitrogen and oxygen atoms in total. The number of benzene rings is 2. The molecule has 0 aliphatic heterocycles. The van der Waals surface area contributed by atoms with Crippen LogP contribution < -0.4 is 5.32 Å². The number of amides is 1. The Hall–Kier alpha value is -3.67. The topological polar surface area (TPSA) is 85.4 Å². The van der Waals surface area contributed by atoms with Crippen molar-refractivity contribution in [2.24, 2.45) is 0 Å². The van der Waals surface area contributed by atoms with E-state index in [2.05, 4.69) is 5.32 Å². The molecule has 1 heterocycles. The van der Waals surface area contributed by atoms with Gasteiger partial charge in [0.2, 0.25) is 5.91 Å². The molecule has 0 unspecified atom stereocenters. The van der Waals surface area contributed by atoms with Crippen molar-refractivity contribution in [1.82, 2.24) is 0 Å². The number of non-ortho nitro benzene ring substituents is 1. The van der Waals surface area contributed by atoms with Gasteiger partial charge in [0.1, 0.15) is 11.5 Å². The van der Waals surface area contributed by atoms with Crippen LogP contribution in [0.5, 0.6) is 0 Å². The van der Waals surface area contributed by atoms with Crippen LogP contribution in [0, 0.1) is 17.0 Å². The first-order valence-corrected chi connectivity index (χ1v) is 7.92. The minimum atomic E-state index is -0.451. The second kappa shape index (κ2) is 7.48. The Bertz CT molecular complexity index is 971. The van der Waals surface area contributed by atoms with Crippen LogP contribution in [0.1, 0.15) is 11.3 Å². The third-order valence-corrected chi connectivity index (χ3v) is 3.67. The van der Waals surface area contributed by atoms with Gasteiger partial charge in [-0.2, -0.15) is 0 Å². The minimum Gasteiger partial charge on any atom is -0.457 e. The Morgan fingerprint density at radius 1 is 1.12 bits per heavy atom. The quantitative estimate of drug-likeness (QED) is 0.407. The summed E-state index contributed by atoms with van der Waals surface area (Å²) >= 11 is 0. The maximum absolute atomic E-state index is 12.0. The zero-order valence-electron chi connectivity index (χ0n) is 14.0. The van der Waals surface area contributed by atoms with Gasteiger partial charge in [-0.3, -0.25) is 14.9 Å². The standard InChI is InChI=1S/C20H16N2O4/c1-14-3-2-4-16(13-14)21-20(23)12-10-18-9-11-19(26-18)15-5-7-17(8-6-15)22(24)25/h2-13H,1H3,(H,21,23). The van der Waals surface area contributed by atoms with Crippen molar-refractivity contribution in [3.63, 3.8) is 0 Å². The van der Waals surface area contributed by atoms with Gasteiger partial charge in [-0.15, -0.1) is 0 Å². The van der Waals surface area contributed by atoms with Gasteiger partial charge in [0.15, 0.2) is 0 Å². The Kier molecular flexibility index (Phi) is 4.94. The summed E-state index contributed by atoms with van der Waals surface area (Å²) in [7, 11) is 0. The summed E-state index contributed by atoms with van der Waals surface area (Å²) in [6, 6.07) is 17.1. The van der Waals surface area contributed by atoms with Gasteiger partial charge in [0.05, 0.1) is 4.92 Å². The predicted octanol–water partition coefficient (Wildman–Crippen LogP) is 4.82. The first kappa shape index (κ1) is 17.2. The van der Waals surface area contributed by atoms with Gasteiger partial charge in [0, 0.05) is 29.5 Å². The molecule has 0 fully saturated rings. The SMILES string of the molecule is Cc1cccc(NC(=O)C=Cc2ccc(-c3ccc([N+](=O)[O-])cc3)o2)c1. The fourth-order valence-electron chi connectivity index (χ4n) is 2.41. The highest BCUT2D eigenvalue weighted by Gasteiger charge is 2.08. The van der Waals surface area contributed by atoms with Gasteiger partial charge < -0.3 is 9.73 Å². The number of hydrogen-bond acceptors (Lipinski definition) is 4. The average Bonchev–Trinajstić information content (AvgIpc) is 3.09. The molecule has 0 radical (unpaired) electrons. The molecule has 130 valence electrons. The number of nitro groups is 1. The van der Waals surface area contributed by atoms with E-state index in [0.717, 1.165) is 16.8 Å². The molecule has 3 aromatic rings. The number of hydrogen-bond donors (Lipinski definition) is 1. The number of carbonyl (C=O) groups excluding carboxylic acids is 1. The molecule has 1 N–H and O–H groups in total. The highest BCUT2D eigenvalue weighted by atomic mass is 16.6. The Morgan fingerprint density at radius 2 is 1.88 bits per heavy atom. The second-order valence-electron chi connectivity index (χ2n) is 5.70. The third kappa shape index (κ3) is 4.24. The van der Waals surface area contributed by atoms with Gasteiger partial charge in [0.25, 0.3) is 5.69 Å². The fraction of sp³-hybridized carbons (Fsp3) is 0.0500. The average molecular weight is 348 g/mol. The van der Waals surface area contributed by atoms with E-state index in [4.69, 9.17) is 4.42 Å². The summed E-state index contributed by atoms with van der Waals surface area (Å²) in [4.78, 5) is 22.2. The maximum atomic E-state index is 12.0. The Morgan fingerprint density at radius 3 is 2.58 bits per heavy atom. The first-order valence-electron chi connectivity index (χ1n) is 7.92. The van der Waals surface area contributed by atoms with E-state index in [1.165, 1.54) is 18.2 Å². The third-order valence-electron chi connectivity index (χ3n) is 3.67. The summed E-state index contributed by atoms with van der Waals surface area (Å²) in [5.74, 6) is 0.820. The summed E-state index contributed by atoms with van der Waals surface area (Å²) in [5, 5.41) is 13.5. The van der Waals surface area contributed by atoms with E-state index in [-0.39, 0.29) is 11.6 Å². The van der Waals surface area contributed by atoms with Gasteiger partial charge >= 0.3 is 0 Å². The molecule has 3 rings (SSSR count). The second-order valence-corrected chi connectivity index (χ2v) is 5.70. The number of nitrogens with zero attached hydrogens (tertiary/aromatic N) is 1. The number of nitrogens with one attached hydrogen (secondary N) is 1. The lowest BCUT2D eigenvalue weighted by atomic mass is 10.1. The van der Waals surface area contributed by atoms with Crippen LogP contribution in [0.25, 0.3) is 17.4 Å². The number of nitro benzene ring substituents is 1. The normalized spacial score (nSPS) is 10.8. The van der Waals surface area contributed by atoms with E-state index in [1.807, 2.05) is 31.2 Å². The lowest BCUT2D eigenvalue weighted by Gasteiger charge is -2.02. The zero-order chi connectivity index (χ0) is 18.5. The largest absolute Gasteiger partial charge is 0.457 e. The van der Waals surface area contributed by atoms with E-state index >= 15 is 0 Å². The molecule has 26 heavy (non-hydrogen) atoms. The van der Waals surface area contributed by atoms with E-state index in [1.54, 1.807) is 30.3 Å². The molecule has 0 saturated carbocycles. The summed E-state index contributed by atoms with van der Waals surface area (Å²) in [6.07, 6.45) is 2.96. The molecule has 0 aliphatic rings. The summed E-state index contributed by atoms with van der Waals surface area (Å²) in [6.45, 7) is 1.95. The molecule has 0 spiro atoms. The number of rotatable bonds is 5. The van der Waals surface area contributed by atoms with Crippen molar-refractivity contribution >= 4 is 23.4 Å². The number of aryl methyl sites for hydroxylation is 1. The molecule has 0 atom stereocenters. The van der Waals surface area contributed by atoms with Crippen LogP contribution >= 0.6 is 0 Å². The van der Waals surface area contributed by atoms with Crippen molar-refractivity contribution in [3.05, 3.63) is 88.2 Å². The molecule has 0 saturated heterocycles. The molecule has 0 bridgehead atoms. The van der Waals surface area contributed by atoms with Crippen LogP contribution in [0.3, 0.4) is 0 Å². The predicted molar refractivity (Wildman–Crippen MR) is 99.6 cm³/mol. The van der Waals surface area contributed by atoms with E-state index < -0.39 is 4.92 Å². The monoisotopic (exact) mass is 348 g/mol. The van der Waals surface area contributed by atoms with Crippen LogP contribution in [-0.2, 0) is 4.79 Å². The number of carbonyl (C=O) groups is 1. The molecule has 0 aliphatic carbocycles. The maximum Gasteiger partial charge on any atom is 0.269 e. The fourth-order valence-corrected chi connectivity index (χ4v) is 2.41. The molecule has 6 heteroatoms. The molecular weight excluding hydrogens is 332 g/mol. The van der Waals surface area contributed by atoms with Crippen LogP contribution in [0.15, 0.2) is 71.2 Å². The van der Waals surface area contributed by atoms with E-state index in [0.29, 0.717) is 11.5 Å². The highest BCUT2D eigenvalue weighted by Crippen LogP contribution is 2.25. The molecule has 1 aromatic heterocycles. The molecular formula is C20H16N2O4. The summed E-state index contributed by atoms with van der Waals surface area (Å²) < 4.78 is 5.65. The lowest BCUT2D eigenvalue weighted by molar-refractivity contribution is -0.384. The van der Waals surface area contributed by atoms with Gasteiger partial charge in [-0.1, -0.05) is 12.1 Å². The van der Waals surface area contributed by atoms with Crippen molar-refractivity contribution in [1.29, 1.82) is 0 Å².